The van der Waals surface area contributed by atoms with Gasteiger partial charge in [0.15, 0.2) is 5.76 Å². The summed E-state index contributed by atoms with van der Waals surface area (Å²) in [5.41, 5.74) is 1.50. The summed E-state index contributed by atoms with van der Waals surface area (Å²) < 4.78 is 10.5. The van der Waals surface area contributed by atoms with E-state index in [-0.39, 0.29) is 11.8 Å². The number of aryl methyl sites for hydroxylation is 1. The second-order valence-electron chi connectivity index (χ2n) is 5.26. The van der Waals surface area contributed by atoms with Crippen molar-refractivity contribution in [2.45, 2.75) is 33.6 Å². The summed E-state index contributed by atoms with van der Waals surface area (Å²) in [5, 5.41) is 6.47. The monoisotopic (exact) mass is 302 g/mol. The van der Waals surface area contributed by atoms with E-state index >= 15 is 0 Å². The molecule has 2 aromatic rings. The lowest BCUT2D eigenvalue weighted by Crippen LogP contribution is -2.12. The quantitative estimate of drug-likeness (QED) is 0.692. The number of esters is 1. The molecule has 0 atom stereocenters. The molecule has 6 nitrogen and oxygen atoms in total. The third-order valence-electron chi connectivity index (χ3n) is 3.00. The SMILES string of the molecule is CC(=O)Nc1ccc(OC(=O)c2c(C)noc2C(C)C)cc1. The van der Waals surface area contributed by atoms with Gasteiger partial charge >= 0.3 is 5.97 Å². The Labute approximate surface area is 128 Å². The van der Waals surface area contributed by atoms with E-state index in [0.717, 1.165) is 0 Å². The minimum Gasteiger partial charge on any atom is -0.423 e. The lowest BCUT2D eigenvalue weighted by Gasteiger charge is -2.07. The molecule has 0 bridgehead atoms. The number of benzene rings is 1. The third kappa shape index (κ3) is 3.52. The number of nitrogens with one attached hydrogen (secondary N) is 1. The van der Waals surface area contributed by atoms with Gasteiger partial charge in [-0.2, -0.15) is 0 Å². The Morgan fingerprint density at radius 1 is 1.23 bits per heavy atom. The molecule has 0 aliphatic heterocycles. The number of aromatic nitrogens is 1. The van der Waals surface area contributed by atoms with Crippen molar-refractivity contribution >= 4 is 17.6 Å². The number of hydrogen-bond donors (Lipinski definition) is 1. The van der Waals surface area contributed by atoms with Crippen LogP contribution in [0.25, 0.3) is 0 Å². The van der Waals surface area contributed by atoms with E-state index < -0.39 is 5.97 Å². The lowest BCUT2D eigenvalue weighted by molar-refractivity contribution is -0.114. The minimum atomic E-state index is -0.505. The van der Waals surface area contributed by atoms with Crippen molar-refractivity contribution in [2.24, 2.45) is 0 Å². The summed E-state index contributed by atoms with van der Waals surface area (Å²) >= 11 is 0. The summed E-state index contributed by atoms with van der Waals surface area (Å²) in [5.74, 6) is 0.263. The van der Waals surface area contributed by atoms with Gasteiger partial charge in [0.1, 0.15) is 11.3 Å². The zero-order valence-corrected chi connectivity index (χ0v) is 13.0. The molecule has 0 saturated heterocycles. The first-order chi connectivity index (χ1) is 10.4. The maximum Gasteiger partial charge on any atom is 0.349 e. The molecule has 116 valence electrons. The Morgan fingerprint density at radius 3 is 2.41 bits per heavy atom. The zero-order valence-electron chi connectivity index (χ0n) is 13.0. The van der Waals surface area contributed by atoms with E-state index in [9.17, 15) is 9.59 Å². The van der Waals surface area contributed by atoms with Gasteiger partial charge in [0.25, 0.3) is 0 Å². The first-order valence-corrected chi connectivity index (χ1v) is 6.94. The predicted molar refractivity (Wildman–Crippen MR) is 81.0 cm³/mol. The van der Waals surface area contributed by atoms with Crippen LogP contribution in [0.5, 0.6) is 5.75 Å². The highest BCUT2D eigenvalue weighted by Crippen LogP contribution is 2.24. The molecule has 22 heavy (non-hydrogen) atoms. The van der Waals surface area contributed by atoms with Gasteiger partial charge in [0, 0.05) is 18.5 Å². The molecule has 0 saturated carbocycles. The zero-order chi connectivity index (χ0) is 16.3. The average molecular weight is 302 g/mol. The van der Waals surface area contributed by atoms with Crippen molar-refractivity contribution in [3.8, 4) is 5.75 Å². The summed E-state index contributed by atoms with van der Waals surface area (Å²) in [4.78, 5) is 23.2. The highest BCUT2D eigenvalue weighted by Gasteiger charge is 2.24. The molecule has 0 spiro atoms. The highest BCUT2D eigenvalue weighted by atomic mass is 16.5. The number of carbonyl (C=O) groups is 2. The fraction of sp³-hybridized carbons (Fsp3) is 0.312. The van der Waals surface area contributed by atoms with Crippen molar-refractivity contribution in [1.82, 2.24) is 5.16 Å². The van der Waals surface area contributed by atoms with Crippen LogP contribution in [0.1, 0.15) is 48.5 Å². The van der Waals surface area contributed by atoms with Crippen LogP contribution in [-0.2, 0) is 4.79 Å². The normalized spacial score (nSPS) is 10.6. The molecule has 1 aromatic carbocycles. The van der Waals surface area contributed by atoms with Gasteiger partial charge in [0.05, 0.1) is 5.69 Å². The topological polar surface area (TPSA) is 81.4 Å². The molecule has 0 radical (unpaired) electrons. The largest absolute Gasteiger partial charge is 0.423 e. The van der Waals surface area contributed by atoms with Crippen molar-refractivity contribution in [3.63, 3.8) is 0 Å². The predicted octanol–water partition coefficient (Wildman–Crippen LogP) is 3.28. The molecule has 1 amide bonds. The number of nitrogens with zero attached hydrogens (tertiary/aromatic N) is 1. The van der Waals surface area contributed by atoms with E-state index in [2.05, 4.69) is 10.5 Å². The summed E-state index contributed by atoms with van der Waals surface area (Å²) in [7, 11) is 0. The van der Waals surface area contributed by atoms with Crippen LogP contribution in [0.2, 0.25) is 0 Å². The van der Waals surface area contributed by atoms with Crippen molar-refractivity contribution in [2.75, 3.05) is 5.32 Å². The van der Waals surface area contributed by atoms with Crippen LogP contribution in [-0.4, -0.2) is 17.0 Å². The summed E-state index contributed by atoms with van der Waals surface area (Å²) in [6, 6.07) is 6.55. The Bertz CT molecular complexity index is 687. The van der Waals surface area contributed by atoms with Crippen LogP contribution in [0.3, 0.4) is 0 Å². The molecule has 0 fully saturated rings. The van der Waals surface area contributed by atoms with E-state index in [1.54, 1.807) is 31.2 Å². The van der Waals surface area contributed by atoms with E-state index in [1.165, 1.54) is 6.92 Å². The first kappa shape index (κ1) is 15.8. The van der Waals surface area contributed by atoms with Gasteiger partial charge in [-0.15, -0.1) is 0 Å². The van der Waals surface area contributed by atoms with Crippen LogP contribution >= 0.6 is 0 Å². The van der Waals surface area contributed by atoms with Crippen molar-refractivity contribution < 1.29 is 18.8 Å². The fourth-order valence-corrected chi connectivity index (χ4v) is 2.00. The number of hydrogen-bond acceptors (Lipinski definition) is 5. The van der Waals surface area contributed by atoms with Crippen molar-refractivity contribution in [1.29, 1.82) is 0 Å². The van der Waals surface area contributed by atoms with Crippen LogP contribution in [0.15, 0.2) is 28.8 Å². The Hall–Kier alpha value is -2.63. The smallest absolute Gasteiger partial charge is 0.349 e. The molecule has 6 heteroatoms. The molecule has 0 aliphatic rings. The third-order valence-corrected chi connectivity index (χ3v) is 3.00. The van der Waals surface area contributed by atoms with Gasteiger partial charge < -0.3 is 14.6 Å². The molecule has 1 N–H and O–H groups in total. The molecule has 2 rings (SSSR count). The number of ether oxygens (including phenoxy) is 1. The molecule has 1 heterocycles. The standard InChI is InChI=1S/C16H18N2O4/c1-9(2)15-14(10(3)18-22-15)16(20)21-13-7-5-12(6-8-13)17-11(4)19/h5-9H,1-4H3,(H,17,19). The van der Waals surface area contributed by atoms with Crippen LogP contribution < -0.4 is 10.1 Å². The molecular weight excluding hydrogens is 284 g/mol. The maximum absolute atomic E-state index is 12.3. The number of amides is 1. The summed E-state index contributed by atoms with van der Waals surface area (Å²) in [6.45, 7) is 6.96. The second-order valence-corrected chi connectivity index (χ2v) is 5.26. The average Bonchev–Trinajstić information content (AvgIpc) is 2.82. The maximum atomic E-state index is 12.3. The number of anilines is 1. The van der Waals surface area contributed by atoms with Crippen LogP contribution in [0.4, 0.5) is 5.69 Å². The molecule has 0 aliphatic carbocycles. The fourth-order valence-electron chi connectivity index (χ4n) is 2.00. The highest BCUT2D eigenvalue weighted by molar-refractivity contribution is 5.93. The Balaban J connectivity index is 2.15. The van der Waals surface area contributed by atoms with Gasteiger partial charge in [-0.05, 0) is 31.2 Å². The Morgan fingerprint density at radius 2 is 1.86 bits per heavy atom. The first-order valence-electron chi connectivity index (χ1n) is 6.94. The molecular formula is C16H18N2O4. The van der Waals surface area contributed by atoms with E-state index in [1.807, 2.05) is 13.8 Å². The van der Waals surface area contributed by atoms with Gasteiger partial charge in [-0.1, -0.05) is 19.0 Å². The second kappa shape index (κ2) is 6.43. The van der Waals surface area contributed by atoms with Gasteiger partial charge in [0.2, 0.25) is 5.91 Å². The van der Waals surface area contributed by atoms with Gasteiger partial charge in [-0.25, -0.2) is 4.79 Å². The van der Waals surface area contributed by atoms with E-state index in [0.29, 0.717) is 28.5 Å². The van der Waals surface area contributed by atoms with Crippen LogP contribution in [0, 0.1) is 6.92 Å². The van der Waals surface area contributed by atoms with Crippen molar-refractivity contribution in [3.05, 3.63) is 41.3 Å². The molecule has 1 aromatic heterocycles. The summed E-state index contributed by atoms with van der Waals surface area (Å²) in [6.07, 6.45) is 0. The van der Waals surface area contributed by atoms with E-state index in [4.69, 9.17) is 9.26 Å². The minimum absolute atomic E-state index is 0.0332. The number of carbonyl (C=O) groups excluding carboxylic acids is 2. The van der Waals surface area contributed by atoms with Gasteiger partial charge in [-0.3, -0.25) is 4.79 Å². The number of rotatable bonds is 4. The Kier molecular flexibility index (Phi) is 4.60. The lowest BCUT2D eigenvalue weighted by atomic mass is 10.1. The molecule has 0 unspecified atom stereocenters.